The van der Waals surface area contributed by atoms with E-state index in [2.05, 4.69) is 13.8 Å². The highest BCUT2D eigenvalue weighted by molar-refractivity contribution is 5.77. The Bertz CT molecular complexity index is 223. The molecule has 1 aliphatic carbocycles. The number of carbonyl (C=O) groups excluding carboxylic acids is 1. The average molecular weight is 228 g/mol. The van der Waals surface area contributed by atoms with Crippen molar-refractivity contribution in [3.63, 3.8) is 0 Å². The maximum Gasteiger partial charge on any atom is 0.225 e. The van der Waals surface area contributed by atoms with Crippen molar-refractivity contribution in [1.82, 2.24) is 4.90 Å². The molecule has 1 unspecified atom stereocenters. The third kappa shape index (κ3) is 4.10. The largest absolute Gasteiger partial charge is 0.380 e. The standard InChI is InChI=1S/C12H24N2O2/c1-9(2)14(8-10-4-5-10)12(15)6-11(7-13)16-3/h9-11H,4-8,13H2,1-3H3. The van der Waals surface area contributed by atoms with Gasteiger partial charge in [0.1, 0.15) is 0 Å². The smallest absolute Gasteiger partial charge is 0.225 e. The van der Waals surface area contributed by atoms with Crippen LogP contribution >= 0.6 is 0 Å². The molecule has 1 saturated carbocycles. The second-order valence-corrected chi connectivity index (χ2v) is 4.88. The van der Waals surface area contributed by atoms with Gasteiger partial charge in [-0.2, -0.15) is 0 Å². The number of hydrogen-bond acceptors (Lipinski definition) is 3. The van der Waals surface area contributed by atoms with E-state index in [4.69, 9.17) is 10.5 Å². The number of amides is 1. The van der Waals surface area contributed by atoms with Gasteiger partial charge in [-0.1, -0.05) is 0 Å². The van der Waals surface area contributed by atoms with E-state index in [-0.39, 0.29) is 18.1 Å². The first-order chi connectivity index (χ1) is 7.58. The van der Waals surface area contributed by atoms with E-state index in [9.17, 15) is 4.79 Å². The van der Waals surface area contributed by atoms with Crippen molar-refractivity contribution in [1.29, 1.82) is 0 Å². The molecule has 0 saturated heterocycles. The molecule has 94 valence electrons. The number of hydrogen-bond donors (Lipinski definition) is 1. The molecule has 16 heavy (non-hydrogen) atoms. The van der Waals surface area contributed by atoms with Crippen molar-refractivity contribution in [3.8, 4) is 0 Å². The molecule has 0 heterocycles. The molecule has 1 aliphatic rings. The van der Waals surface area contributed by atoms with Gasteiger partial charge in [0.25, 0.3) is 0 Å². The summed E-state index contributed by atoms with van der Waals surface area (Å²) in [6.07, 6.45) is 2.79. The summed E-state index contributed by atoms with van der Waals surface area (Å²) in [6.45, 7) is 5.42. The third-order valence-corrected chi connectivity index (χ3v) is 3.09. The summed E-state index contributed by atoms with van der Waals surface area (Å²) < 4.78 is 5.15. The molecule has 0 radical (unpaired) electrons. The van der Waals surface area contributed by atoms with E-state index >= 15 is 0 Å². The number of rotatable bonds is 7. The number of nitrogens with two attached hydrogens (primary N) is 1. The molecular formula is C12H24N2O2. The van der Waals surface area contributed by atoms with Gasteiger partial charge in [0, 0.05) is 26.2 Å². The number of ether oxygens (including phenoxy) is 1. The Morgan fingerprint density at radius 2 is 2.12 bits per heavy atom. The summed E-state index contributed by atoms with van der Waals surface area (Å²) in [4.78, 5) is 14.0. The summed E-state index contributed by atoms with van der Waals surface area (Å²) in [5, 5.41) is 0. The topological polar surface area (TPSA) is 55.6 Å². The summed E-state index contributed by atoms with van der Waals surface area (Å²) in [7, 11) is 1.60. The number of nitrogens with zero attached hydrogens (tertiary/aromatic N) is 1. The Morgan fingerprint density at radius 3 is 2.50 bits per heavy atom. The lowest BCUT2D eigenvalue weighted by Crippen LogP contribution is -2.41. The average Bonchev–Trinajstić information content (AvgIpc) is 3.05. The van der Waals surface area contributed by atoms with Gasteiger partial charge in [0.2, 0.25) is 5.91 Å². The lowest BCUT2D eigenvalue weighted by Gasteiger charge is -2.28. The third-order valence-electron chi connectivity index (χ3n) is 3.09. The van der Waals surface area contributed by atoms with Crippen molar-refractivity contribution < 1.29 is 9.53 Å². The lowest BCUT2D eigenvalue weighted by atomic mass is 10.2. The summed E-state index contributed by atoms with van der Waals surface area (Å²) in [6, 6.07) is 0.267. The van der Waals surface area contributed by atoms with Crippen LogP contribution in [0.25, 0.3) is 0 Å². The van der Waals surface area contributed by atoms with Crippen LogP contribution in [0.3, 0.4) is 0 Å². The molecule has 4 heteroatoms. The SMILES string of the molecule is COC(CN)CC(=O)N(CC1CC1)C(C)C. The van der Waals surface area contributed by atoms with E-state index in [1.807, 2.05) is 4.90 Å². The first-order valence-electron chi connectivity index (χ1n) is 6.10. The van der Waals surface area contributed by atoms with Crippen LogP contribution in [0.1, 0.15) is 33.1 Å². The maximum atomic E-state index is 12.1. The zero-order valence-corrected chi connectivity index (χ0v) is 10.6. The minimum absolute atomic E-state index is 0.145. The highest BCUT2D eigenvalue weighted by atomic mass is 16.5. The molecule has 1 rings (SSSR count). The van der Waals surface area contributed by atoms with Crippen molar-refractivity contribution in [2.45, 2.75) is 45.3 Å². The van der Waals surface area contributed by atoms with Crippen molar-refractivity contribution in [2.75, 3.05) is 20.2 Å². The summed E-state index contributed by atoms with van der Waals surface area (Å²) >= 11 is 0. The fourth-order valence-electron chi connectivity index (χ4n) is 1.75. The van der Waals surface area contributed by atoms with Crippen LogP contribution in [-0.2, 0) is 9.53 Å². The Morgan fingerprint density at radius 1 is 1.50 bits per heavy atom. The van der Waals surface area contributed by atoms with Crippen molar-refractivity contribution >= 4 is 5.91 Å². The van der Waals surface area contributed by atoms with E-state index in [0.717, 1.165) is 12.5 Å². The van der Waals surface area contributed by atoms with Gasteiger partial charge in [0.15, 0.2) is 0 Å². The Kier molecular flexibility index (Phi) is 5.22. The van der Waals surface area contributed by atoms with E-state index in [1.165, 1.54) is 12.8 Å². The number of carbonyl (C=O) groups is 1. The maximum absolute atomic E-state index is 12.1. The quantitative estimate of drug-likeness (QED) is 0.707. The zero-order chi connectivity index (χ0) is 12.1. The highest BCUT2D eigenvalue weighted by Crippen LogP contribution is 2.30. The first-order valence-corrected chi connectivity index (χ1v) is 6.10. The van der Waals surface area contributed by atoms with Gasteiger partial charge < -0.3 is 15.4 Å². The van der Waals surface area contributed by atoms with Crippen LogP contribution in [0, 0.1) is 5.92 Å². The second-order valence-electron chi connectivity index (χ2n) is 4.88. The monoisotopic (exact) mass is 228 g/mol. The molecule has 0 aromatic carbocycles. The van der Waals surface area contributed by atoms with E-state index in [1.54, 1.807) is 7.11 Å². The molecule has 1 fully saturated rings. The summed E-state index contributed by atoms with van der Waals surface area (Å²) in [5.74, 6) is 0.893. The van der Waals surface area contributed by atoms with Gasteiger partial charge in [0.05, 0.1) is 12.5 Å². The molecule has 0 aromatic heterocycles. The summed E-state index contributed by atoms with van der Waals surface area (Å²) in [5.41, 5.74) is 5.53. The molecule has 0 aliphatic heterocycles. The minimum atomic E-state index is -0.145. The van der Waals surface area contributed by atoms with Gasteiger partial charge in [-0.25, -0.2) is 0 Å². The Hall–Kier alpha value is -0.610. The van der Waals surface area contributed by atoms with Crippen LogP contribution in [0.4, 0.5) is 0 Å². The van der Waals surface area contributed by atoms with Crippen LogP contribution < -0.4 is 5.73 Å². The number of methoxy groups -OCH3 is 1. The molecule has 0 bridgehead atoms. The first kappa shape index (κ1) is 13.5. The second kappa shape index (κ2) is 6.21. The van der Waals surface area contributed by atoms with Crippen LogP contribution in [0.2, 0.25) is 0 Å². The normalized spacial score (nSPS) is 17.6. The molecule has 0 spiro atoms. The van der Waals surface area contributed by atoms with Crippen molar-refractivity contribution in [2.24, 2.45) is 11.7 Å². The zero-order valence-electron chi connectivity index (χ0n) is 10.6. The van der Waals surface area contributed by atoms with Crippen LogP contribution in [-0.4, -0.2) is 43.2 Å². The predicted octanol–water partition coefficient (Wildman–Crippen LogP) is 0.997. The molecule has 2 N–H and O–H groups in total. The molecule has 4 nitrogen and oxygen atoms in total. The van der Waals surface area contributed by atoms with E-state index < -0.39 is 0 Å². The van der Waals surface area contributed by atoms with Crippen LogP contribution in [0.5, 0.6) is 0 Å². The highest BCUT2D eigenvalue weighted by Gasteiger charge is 2.28. The van der Waals surface area contributed by atoms with Gasteiger partial charge in [-0.15, -0.1) is 0 Å². The minimum Gasteiger partial charge on any atom is -0.380 e. The predicted molar refractivity (Wildman–Crippen MR) is 64.0 cm³/mol. The van der Waals surface area contributed by atoms with Gasteiger partial charge >= 0.3 is 0 Å². The molecular weight excluding hydrogens is 204 g/mol. The van der Waals surface area contributed by atoms with Gasteiger partial charge in [-0.05, 0) is 32.6 Å². The molecule has 1 atom stereocenters. The fraction of sp³-hybridized carbons (Fsp3) is 0.917. The van der Waals surface area contributed by atoms with E-state index in [0.29, 0.717) is 13.0 Å². The fourth-order valence-corrected chi connectivity index (χ4v) is 1.75. The Labute approximate surface area is 98.1 Å². The van der Waals surface area contributed by atoms with Crippen molar-refractivity contribution in [3.05, 3.63) is 0 Å². The van der Waals surface area contributed by atoms with Gasteiger partial charge in [-0.3, -0.25) is 4.79 Å². The molecule has 0 aromatic rings. The van der Waals surface area contributed by atoms with Crippen LogP contribution in [0.15, 0.2) is 0 Å². The Balaban J connectivity index is 2.45. The molecule has 1 amide bonds. The lowest BCUT2D eigenvalue weighted by molar-refractivity contribution is -0.135.